The Bertz CT molecular complexity index is 3970. The molecular formula is C58H91N15O22P4S3. The Labute approximate surface area is 602 Å². The van der Waals surface area contributed by atoms with E-state index >= 15 is 0 Å². The number of fused-ring (bicyclic) bond motifs is 4. The van der Waals surface area contributed by atoms with Crippen molar-refractivity contribution in [3.63, 3.8) is 0 Å². The normalized spacial score (nSPS) is 27.1. The van der Waals surface area contributed by atoms with Crippen LogP contribution in [0.4, 0.5) is 17.5 Å². The van der Waals surface area contributed by atoms with Gasteiger partial charge in [0.25, 0.3) is 0 Å². The molecule has 0 aromatic carbocycles. The number of anilines is 3. The number of carbonyl (C=O) groups excluding carboxylic acids is 1. The first-order valence-electron chi connectivity index (χ1n) is 33.7. The molecule has 0 aliphatic carbocycles. The molecule has 4 saturated heterocycles. The van der Waals surface area contributed by atoms with E-state index in [4.69, 9.17) is 101 Å². The number of hydrogen-bond acceptors (Lipinski definition) is 33. The van der Waals surface area contributed by atoms with Crippen molar-refractivity contribution in [3.05, 3.63) is 38.0 Å². The Morgan fingerprint density at radius 1 is 0.647 bits per heavy atom. The highest BCUT2D eigenvalue weighted by Gasteiger charge is 2.61. The number of nitrogens with two attached hydrogens (primary N) is 3. The molecule has 6 aromatic heterocycles. The zero-order valence-electron chi connectivity index (χ0n) is 56.8. The van der Waals surface area contributed by atoms with Crippen LogP contribution in [0.5, 0.6) is 0 Å². The molecule has 0 saturated carbocycles. The molecule has 6 aromatic rings. The van der Waals surface area contributed by atoms with Crippen molar-refractivity contribution in [1.82, 2.24) is 58.6 Å². The summed E-state index contributed by atoms with van der Waals surface area (Å²) in [5, 5.41) is 21.5. The van der Waals surface area contributed by atoms with E-state index in [0.29, 0.717) is 24.2 Å². The minimum atomic E-state index is -4.76. The SMILES string of the molecule is CCCCCCCCCCCCCCCCC(C)(C)C(=O)OCCSP(=O)(O)OC1[C@H](n2cnc3c(N)ncnc32)O[C@@]2(COP(O)(=S)OC3[C@@H](O)[C@@H](COP(O)(=S)OC4[C@@H](OC)[C@@H](COP(=O)(O)OCCO)O[C@H]4n4cnc5c(N)ncnc54)O[C@H]3n3cnc4c(N)ncnc43)CCCO[C@H]12. The number of ether oxygens (including phenoxy) is 6. The maximum Gasteiger partial charge on any atom is 0.472 e. The molecule has 4 aliphatic heterocycles. The number of imidazole rings is 3. The molecule has 4 aliphatic rings. The fourth-order valence-corrected chi connectivity index (χ4v) is 18.7. The summed E-state index contributed by atoms with van der Waals surface area (Å²) in [4.78, 5) is 97.6. The second-order valence-corrected chi connectivity index (χ2v) is 36.8. The van der Waals surface area contributed by atoms with Crippen LogP contribution in [-0.2, 0) is 97.6 Å². The first-order valence-corrected chi connectivity index (χ1v) is 43.5. The fourth-order valence-electron chi connectivity index (χ4n) is 12.8. The van der Waals surface area contributed by atoms with Gasteiger partial charge in [-0.3, -0.25) is 41.1 Å². The van der Waals surface area contributed by atoms with Gasteiger partial charge in [-0.1, -0.05) is 96.8 Å². The summed E-state index contributed by atoms with van der Waals surface area (Å²) in [6.07, 6.45) is 9.70. The van der Waals surface area contributed by atoms with Gasteiger partial charge in [-0.15, -0.1) is 0 Å². The van der Waals surface area contributed by atoms with Gasteiger partial charge < -0.3 is 84.5 Å². The van der Waals surface area contributed by atoms with Gasteiger partial charge in [0, 0.05) is 19.5 Å². The number of phosphoric ester groups is 1. The molecule has 16 atom stereocenters. The highest BCUT2D eigenvalue weighted by Crippen LogP contribution is 2.62. The molecule has 0 bridgehead atoms. The molecule has 10 heterocycles. The Kier molecular flexibility index (Phi) is 28.2. The van der Waals surface area contributed by atoms with Crippen LogP contribution in [0.3, 0.4) is 0 Å². The zero-order chi connectivity index (χ0) is 73.0. The standard InChI is InChI=1S/C58H91N15O22P4S3/c1-5-6-7-8-9-10-11-12-13-14-15-16-17-18-20-57(2,3)56(76)85-25-26-102-97(79,80)93-45-46-58(21-19-23-84-46,92-55(45)73-35-70-40-49(61)64-32-67-52(40)73)29-89-99(82,101)94-43-41(75)36(90-53(43)71-33-68-38-47(59)62-30-65-50(38)71)27-88-98(81,100)95-44-42(83-4)37(28-87-96(77,78)86-24-22-74)91-54(44)72-34-69-39-48(60)63-31-66-51(39)72/h30-37,41-46,53-55,74-75H,5-29H2,1-4H3,(H,77,78)(H,79,80)(H,81,100)(H,82,101)(H2,59,62,65)(H2,60,63,66)(H2,61,64,67)/t36-,37-,41+,42+,43?,44?,45?,46-,53-,54-,55-,58-,98?,99?/m1/s1. The van der Waals surface area contributed by atoms with E-state index in [1.807, 2.05) is 13.8 Å². The van der Waals surface area contributed by atoms with Crippen molar-refractivity contribution in [3.8, 4) is 0 Å². The van der Waals surface area contributed by atoms with Crippen LogP contribution in [-0.4, -0.2) is 208 Å². The van der Waals surface area contributed by atoms with E-state index in [2.05, 4.69) is 51.8 Å². The summed E-state index contributed by atoms with van der Waals surface area (Å²) in [6.45, 7) is -11.3. The first kappa shape index (κ1) is 80.5. The second kappa shape index (κ2) is 35.8. The highest BCUT2D eigenvalue weighted by atomic mass is 32.7. The average molecular weight is 1570 g/mol. The number of hydrogen-bond donors (Lipinski definition) is 9. The number of phosphoric acid groups is 1. The quantitative estimate of drug-likeness (QED) is 0.0107. The van der Waals surface area contributed by atoms with Gasteiger partial charge in [0.05, 0.1) is 57.4 Å². The Morgan fingerprint density at radius 3 is 1.70 bits per heavy atom. The highest BCUT2D eigenvalue weighted by molar-refractivity contribution is 8.54. The van der Waals surface area contributed by atoms with Crippen LogP contribution in [0, 0.1) is 5.41 Å². The number of carbonyl (C=O) groups is 1. The largest absolute Gasteiger partial charge is 0.472 e. The van der Waals surface area contributed by atoms with Crippen LogP contribution in [0.25, 0.3) is 33.5 Å². The summed E-state index contributed by atoms with van der Waals surface area (Å²) in [7, 11) is -3.50. The second-order valence-electron chi connectivity index (χ2n) is 25.7. The van der Waals surface area contributed by atoms with E-state index in [0.717, 1.165) is 38.3 Å². The Hall–Kier alpha value is -4.09. The van der Waals surface area contributed by atoms with Crippen LogP contribution < -0.4 is 17.2 Å². The number of rotatable bonds is 42. The fraction of sp³-hybridized carbons (Fsp3) is 0.724. The lowest BCUT2D eigenvalue weighted by Crippen LogP contribution is -2.51. The van der Waals surface area contributed by atoms with Gasteiger partial charge in [0.1, 0.15) is 96.6 Å². The summed E-state index contributed by atoms with van der Waals surface area (Å²) in [5.41, 5.74) is 16.9. The average Bonchev–Trinajstić information content (AvgIpc) is 1.59. The maximum absolute atomic E-state index is 14.3. The van der Waals surface area contributed by atoms with Gasteiger partial charge in [0.2, 0.25) is 0 Å². The van der Waals surface area contributed by atoms with Gasteiger partial charge in [0.15, 0.2) is 53.1 Å². The number of nitrogens with zero attached hydrogens (tertiary/aromatic N) is 12. The van der Waals surface area contributed by atoms with Gasteiger partial charge in [-0.2, -0.15) is 0 Å². The lowest BCUT2D eigenvalue weighted by Gasteiger charge is -2.39. The topological polar surface area (TPSA) is 501 Å². The van der Waals surface area contributed by atoms with Crippen molar-refractivity contribution in [2.24, 2.45) is 5.41 Å². The summed E-state index contributed by atoms with van der Waals surface area (Å²) < 4.78 is 109. The van der Waals surface area contributed by atoms with Crippen molar-refractivity contribution in [2.45, 2.75) is 203 Å². The molecule has 10 rings (SSSR count). The lowest BCUT2D eigenvalue weighted by atomic mass is 9.87. The number of aliphatic hydroxyl groups is 2. The Balaban J connectivity index is 0.805. The van der Waals surface area contributed by atoms with Crippen molar-refractivity contribution in [2.75, 3.05) is 76.3 Å². The summed E-state index contributed by atoms with van der Waals surface area (Å²) >= 11 is 11.8. The molecular weight excluding hydrogens is 1480 g/mol. The molecule has 0 radical (unpaired) electrons. The summed E-state index contributed by atoms with van der Waals surface area (Å²) in [5.74, 6) is -0.544. The van der Waals surface area contributed by atoms with E-state index in [1.54, 1.807) is 0 Å². The van der Waals surface area contributed by atoms with Crippen LogP contribution >= 0.6 is 39.4 Å². The number of aliphatic hydroxyl groups excluding tert-OH is 2. The summed E-state index contributed by atoms with van der Waals surface area (Å²) in [6, 6.07) is 0. The van der Waals surface area contributed by atoms with Gasteiger partial charge in [-0.25, -0.2) is 54.0 Å². The number of aromatic nitrogens is 12. The minimum absolute atomic E-state index is 0.00470. The van der Waals surface area contributed by atoms with Crippen LogP contribution in [0.2, 0.25) is 0 Å². The molecule has 0 spiro atoms. The molecule has 4 fully saturated rings. The third-order valence-electron chi connectivity index (χ3n) is 18.0. The van der Waals surface area contributed by atoms with Crippen molar-refractivity contribution < 1.29 is 104 Å². The molecule has 568 valence electrons. The predicted octanol–water partition coefficient (Wildman–Crippen LogP) is 6.89. The van der Waals surface area contributed by atoms with Gasteiger partial charge >= 0.3 is 34.0 Å². The first-order chi connectivity index (χ1) is 48.7. The lowest BCUT2D eigenvalue weighted by molar-refractivity contribution is -0.164. The number of unbranched alkanes of at least 4 members (excludes halogenated alkanes) is 13. The third-order valence-corrected chi connectivity index (χ3v) is 25.1. The van der Waals surface area contributed by atoms with E-state index < -0.39 is 146 Å². The van der Waals surface area contributed by atoms with E-state index in [1.165, 1.54) is 110 Å². The van der Waals surface area contributed by atoms with Crippen LogP contribution in [0.1, 0.15) is 149 Å². The smallest absolute Gasteiger partial charge is 0.464 e. The van der Waals surface area contributed by atoms with Gasteiger partial charge in [-0.05, 0) is 68.1 Å². The monoisotopic (exact) mass is 1570 g/mol. The molecule has 7 unspecified atom stereocenters. The molecule has 44 heteroatoms. The number of esters is 1. The molecule has 102 heavy (non-hydrogen) atoms. The number of methoxy groups -OCH3 is 1. The number of nitrogen functional groups attached to an aromatic ring is 3. The third kappa shape index (κ3) is 20.0. The molecule has 37 nitrogen and oxygen atoms in total. The molecule has 0 amide bonds. The maximum atomic E-state index is 14.3. The molecule has 12 N–H and O–H groups in total. The van der Waals surface area contributed by atoms with E-state index in [-0.39, 0.29) is 76.3 Å². The van der Waals surface area contributed by atoms with Crippen LogP contribution in [0.15, 0.2) is 38.0 Å². The Morgan fingerprint density at radius 2 is 1.15 bits per heavy atom. The predicted molar refractivity (Wildman–Crippen MR) is 376 cm³/mol. The zero-order valence-corrected chi connectivity index (χ0v) is 62.8. The van der Waals surface area contributed by atoms with Crippen molar-refractivity contribution in [1.29, 1.82) is 0 Å². The van der Waals surface area contributed by atoms with E-state index in [9.17, 15) is 43.7 Å². The van der Waals surface area contributed by atoms with Crippen molar-refractivity contribution >= 4 is 120 Å². The minimum Gasteiger partial charge on any atom is -0.464 e.